The van der Waals surface area contributed by atoms with Crippen LogP contribution in [0.4, 0.5) is 0 Å². The van der Waals surface area contributed by atoms with Gasteiger partial charge in [-0.25, -0.2) is 0 Å². The molecule has 2 amide bonds. The second kappa shape index (κ2) is 7.23. The Morgan fingerprint density at radius 2 is 1.73 bits per heavy atom. The van der Waals surface area contributed by atoms with Crippen LogP contribution in [0.1, 0.15) is 39.3 Å². The van der Waals surface area contributed by atoms with Crippen molar-refractivity contribution in [1.29, 1.82) is 0 Å². The Kier molecular flexibility index (Phi) is 4.65. The van der Waals surface area contributed by atoms with Crippen LogP contribution in [0.5, 0.6) is 5.75 Å². The van der Waals surface area contributed by atoms with Crippen LogP contribution in [0.2, 0.25) is 0 Å². The Morgan fingerprint density at radius 3 is 2.50 bits per heavy atom. The molecule has 0 saturated carbocycles. The summed E-state index contributed by atoms with van der Waals surface area (Å²) in [7, 11) is 0. The van der Waals surface area contributed by atoms with Gasteiger partial charge in [-0.05, 0) is 55.2 Å². The first kappa shape index (κ1) is 16.7. The summed E-state index contributed by atoms with van der Waals surface area (Å²) in [5.41, 5.74) is 1.80. The van der Waals surface area contributed by atoms with Crippen LogP contribution in [0.15, 0.2) is 41.0 Å². The number of rotatable bonds is 2. The molecule has 6 nitrogen and oxygen atoms in total. The number of furan rings is 1. The van der Waals surface area contributed by atoms with Gasteiger partial charge in [-0.2, -0.15) is 0 Å². The van der Waals surface area contributed by atoms with E-state index in [1.807, 2.05) is 23.1 Å². The maximum absolute atomic E-state index is 12.9. The SMILES string of the molecule is O=C(c1ccc2c(c1)CCCO2)N1CCCN(C(=O)c2ccco2)CC1. The van der Waals surface area contributed by atoms with E-state index in [4.69, 9.17) is 9.15 Å². The summed E-state index contributed by atoms with van der Waals surface area (Å²) in [6.07, 6.45) is 4.19. The van der Waals surface area contributed by atoms with Crippen LogP contribution in [0.3, 0.4) is 0 Å². The first-order valence-electron chi connectivity index (χ1n) is 9.10. The maximum Gasteiger partial charge on any atom is 0.289 e. The molecular formula is C20H22N2O4. The second-order valence-electron chi connectivity index (χ2n) is 6.69. The highest BCUT2D eigenvalue weighted by molar-refractivity contribution is 5.95. The van der Waals surface area contributed by atoms with Crippen LogP contribution in [-0.4, -0.2) is 54.4 Å². The lowest BCUT2D eigenvalue weighted by Crippen LogP contribution is -2.37. The number of hydrogen-bond donors (Lipinski definition) is 0. The van der Waals surface area contributed by atoms with Crippen molar-refractivity contribution in [2.24, 2.45) is 0 Å². The number of carbonyl (C=O) groups is 2. The normalized spacial score (nSPS) is 17.2. The molecule has 0 radical (unpaired) electrons. The second-order valence-corrected chi connectivity index (χ2v) is 6.69. The van der Waals surface area contributed by atoms with Gasteiger partial charge in [0, 0.05) is 31.7 Å². The fourth-order valence-corrected chi connectivity index (χ4v) is 3.56. The average molecular weight is 354 g/mol. The summed E-state index contributed by atoms with van der Waals surface area (Å²) >= 11 is 0. The molecule has 0 bridgehead atoms. The Morgan fingerprint density at radius 1 is 0.923 bits per heavy atom. The molecule has 0 N–H and O–H groups in total. The standard InChI is InChI=1S/C20H22N2O4/c23-19(16-6-7-17-15(14-16)4-1-12-25-17)21-8-3-9-22(11-10-21)20(24)18-5-2-13-26-18/h2,5-7,13-14H,1,3-4,8-12H2. The van der Waals surface area contributed by atoms with Gasteiger partial charge in [-0.3, -0.25) is 9.59 Å². The van der Waals surface area contributed by atoms with Gasteiger partial charge in [0.05, 0.1) is 12.9 Å². The highest BCUT2D eigenvalue weighted by Gasteiger charge is 2.25. The van der Waals surface area contributed by atoms with E-state index < -0.39 is 0 Å². The van der Waals surface area contributed by atoms with E-state index in [1.54, 1.807) is 17.0 Å². The zero-order valence-corrected chi connectivity index (χ0v) is 14.6. The van der Waals surface area contributed by atoms with Gasteiger partial charge < -0.3 is 19.0 Å². The van der Waals surface area contributed by atoms with Crippen molar-refractivity contribution in [3.8, 4) is 5.75 Å². The number of benzene rings is 1. The number of nitrogens with zero attached hydrogens (tertiary/aromatic N) is 2. The zero-order chi connectivity index (χ0) is 17.9. The van der Waals surface area contributed by atoms with E-state index in [0.717, 1.165) is 37.2 Å². The van der Waals surface area contributed by atoms with Crippen molar-refractivity contribution in [1.82, 2.24) is 9.80 Å². The quantitative estimate of drug-likeness (QED) is 0.832. The molecule has 6 heteroatoms. The smallest absolute Gasteiger partial charge is 0.289 e. The van der Waals surface area contributed by atoms with Crippen LogP contribution in [0, 0.1) is 0 Å². The molecular weight excluding hydrogens is 332 g/mol. The van der Waals surface area contributed by atoms with Gasteiger partial charge in [0.15, 0.2) is 5.76 Å². The molecule has 2 aromatic rings. The van der Waals surface area contributed by atoms with Gasteiger partial charge in [0.25, 0.3) is 11.8 Å². The number of hydrogen-bond acceptors (Lipinski definition) is 4. The summed E-state index contributed by atoms with van der Waals surface area (Å²) in [5.74, 6) is 1.14. The number of ether oxygens (including phenoxy) is 1. The number of aryl methyl sites for hydroxylation is 1. The highest BCUT2D eigenvalue weighted by Crippen LogP contribution is 2.26. The number of fused-ring (bicyclic) bond motifs is 1. The average Bonchev–Trinajstić information content (AvgIpc) is 3.11. The van der Waals surface area contributed by atoms with E-state index in [2.05, 4.69) is 0 Å². The van der Waals surface area contributed by atoms with Crippen molar-refractivity contribution in [3.63, 3.8) is 0 Å². The summed E-state index contributed by atoms with van der Waals surface area (Å²) in [5, 5.41) is 0. The Balaban J connectivity index is 1.44. The maximum atomic E-state index is 12.9. The van der Waals surface area contributed by atoms with E-state index >= 15 is 0 Å². The van der Waals surface area contributed by atoms with Gasteiger partial charge in [0.1, 0.15) is 5.75 Å². The fourth-order valence-electron chi connectivity index (χ4n) is 3.56. The van der Waals surface area contributed by atoms with Crippen LogP contribution in [-0.2, 0) is 6.42 Å². The number of carbonyl (C=O) groups excluding carboxylic acids is 2. The molecule has 2 aliphatic rings. The largest absolute Gasteiger partial charge is 0.493 e. The first-order chi connectivity index (χ1) is 12.7. The molecule has 0 aliphatic carbocycles. The van der Waals surface area contributed by atoms with E-state index in [-0.39, 0.29) is 11.8 Å². The molecule has 1 aromatic carbocycles. The first-order valence-corrected chi connectivity index (χ1v) is 9.10. The molecule has 2 aliphatic heterocycles. The van der Waals surface area contributed by atoms with Crippen molar-refractivity contribution in [2.45, 2.75) is 19.3 Å². The molecule has 1 saturated heterocycles. The predicted octanol–water partition coefficient (Wildman–Crippen LogP) is 2.59. The van der Waals surface area contributed by atoms with Gasteiger partial charge in [-0.1, -0.05) is 0 Å². The summed E-state index contributed by atoms with van der Waals surface area (Å²) in [4.78, 5) is 28.9. The van der Waals surface area contributed by atoms with E-state index in [0.29, 0.717) is 37.5 Å². The van der Waals surface area contributed by atoms with Crippen molar-refractivity contribution in [2.75, 3.05) is 32.8 Å². The molecule has 0 unspecified atom stereocenters. The topological polar surface area (TPSA) is 63.0 Å². The lowest BCUT2D eigenvalue weighted by Gasteiger charge is -2.23. The Hall–Kier alpha value is -2.76. The molecule has 1 fully saturated rings. The highest BCUT2D eigenvalue weighted by atomic mass is 16.5. The molecule has 26 heavy (non-hydrogen) atoms. The molecule has 0 atom stereocenters. The lowest BCUT2D eigenvalue weighted by atomic mass is 10.0. The monoisotopic (exact) mass is 354 g/mol. The molecule has 0 spiro atoms. The van der Waals surface area contributed by atoms with Crippen molar-refractivity contribution < 1.29 is 18.7 Å². The molecule has 1 aromatic heterocycles. The van der Waals surface area contributed by atoms with Crippen molar-refractivity contribution >= 4 is 11.8 Å². The molecule has 3 heterocycles. The molecule has 4 rings (SSSR count). The van der Waals surface area contributed by atoms with Crippen molar-refractivity contribution in [3.05, 3.63) is 53.5 Å². The fraction of sp³-hybridized carbons (Fsp3) is 0.400. The van der Waals surface area contributed by atoms with Gasteiger partial charge >= 0.3 is 0 Å². The van der Waals surface area contributed by atoms with E-state index in [1.165, 1.54) is 6.26 Å². The predicted molar refractivity (Wildman–Crippen MR) is 95.4 cm³/mol. The van der Waals surface area contributed by atoms with Crippen LogP contribution < -0.4 is 4.74 Å². The summed E-state index contributed by atoms with van der Waals surface area (Å²) in [6.45, 7) is 3.06. The minimum atomic E-state index is -0.116. The zero-order valence-electron chi connectivity index (χ0n) is 14.6. The van der Waals surface area contributed by atoms with Crippen LogP contribution in [0.25, 0.3) is 0 Å². The van der Waals surface area contributed by atoms with Crippen LogP contribution >= 0.6 is 0 Å². The third kappa shape index (κ3) is 3.31. The molecule has 136 valence electrons. The summed E-state index contributed by atoms with van der Waals surface area (Å²) in [6, 6.07) is 9.06. The Bertz CT molecular complexity index is 800. The van der Waals surface area contributed by atoms with Gasteiger partial charge in [0.2, 0.25) is 0 Å². The third-order valence-electron chi connectivity index (χ3n) is 4.96. The lowest BCUT2D eigenvalue weighted by molar-refractivity contribution is 0.0700. The minimum Gasteiger partial charge on any atom is -0.493 e. The van der Waals surface area contributed by atoms with Gasteiger partial charge in [-0.15, -0.1) is 0 Å². The summed E-state index contributed by atoms with van der Waals surface area (Å²) < 4.78 is 10.8. The number of amides is 2. The Labute approximate surface area is 152 Å². The van der Waals surface area contributed by atoms with E-state index in [9.17, 15) is 9.59 Å². The minimum absolute atomic E-state index is 0.0191. The third-order valence-corrected chi connectivity index (χ3v) is 4.96.